The Hall–Kier alpha value is -0.910. The van der Waals surface area contributed by atoms with Gasteiger partial charge < -0.3 is 5.73 Å². The van der Waals surface area contributed by atoms with Crippen LogP contribution in [0.2, 0.25) is 0 Å². The van der Waals surface area contributed by atoms with Gasteiger partial charge in [-0.05, 0) is 41.9 Å². The highest BCUT2D eigenvalue weighted by Gasteiger charge is 2.38. The predicted molar refractivity (Wildman–Crippen MR) is 90.3 cm³/mol. The summed E-state index contributed by atoms with van der Waals surface area (Å²) in [5.41, 5.74) is 7.09. The van der Waals surface area contributed by atoms with Gasteiger partial charge >= 0.3 is 0 Å². The first kappa shape index (κ1) is 17.4. The fourth-order valence-electron chi connectivity index (χ4n) is 2.88. The summed E-state index contributed by atoms with van der Waals surface area (Å²) in [7, 11) is -3.43. The second-order valence-corrected chi connectivity index (χ2v) is 9.04. The van der Waals surface area contributed by atoms with E-state index in [2.05, 4.69) is 13.8 Å². The SMILES string of the molecule is CCC(C)c1ccc(S(=O)(=O)N2CCC(N)C(C)(C)C2)cc1. The van der Waals surface area contributed by atoms with Gasteiger partial charge in [0, 0.05) is 19.1 Å². The van der Waals surface area contributed by atoms with Crippen LogP contribution in [0, 0.1) is 5.41 Å². The Morgan fingerprint density at radius 2 is 1.91 bits per heavy atom. The average Bonchev–Trinajstić information content (AvgIpc) is 2.49. The van der Waals surface area contributed by atoms with Gasteiger partial charge in [-0.25, -0.2) is 8.42 Å². The summed E-state index contributed by atoms with van der Waals surface area (Å²) in [4.78, 5) is 0.380. The summed E-state index contributed by atoms with van der Waals surface area (Å²) in [5, 5.41) is 0. The van der Waals surface area contributed by atoms with E-state index in [9.17, 15) is 8.42 Å². The van der Waals surface area contributed by atoms with Gasteiger partial charge in [0.2, 0.25) is 10.0 Å². The first-order chi connectivity index (χ1) is 10.2. The van der Waals surface area contributed by atoms with Gasteiger partial charge in [0.15, 0.2) is 0 Å². The molecular weight excluding hydrogens is 296 g/mol. The maximum atomic E-state index is 12.8. The molecular formula is C17H28N2O2S. The van der Waals surface area contributed by atoms with Crippen molar-refractivity contribution in [2.24, 2.45) is 11.1 Å². The minimum absolute atomic E-state index is 0.0479. The van der Waals surface area contributed by atoms with E-state index in [1.807, 2.05) is 26.0 Å². The Balaban J connectivity index is 2.23. The van der Waals surface area contributed by atoms with Crippen LogP contribution in [0.1, 0.15) is 52.0 Å². The highest BCUT2D eigenvalue weighted by Crippen LogP contribution is 2.31. The lowest BCUT2D eigenvalue weighted by Crippen LogP contribution is -2.53. The van der Waals surface area contributed by atoms with Crippen LogP contribution in [0.5, 0.6) is 0 Å². The number of hydrogen-bond donors (Lipinski definition) is 1. The van der Waals surface area contributed by atoms with Crippen LogP contribution in [0.4, 0.5) is 0 Å². The molecule has 2 atom stereocenters. The normalized spacial score (nSPS) is 24.1. The van der Waals surface area contributed by atoms with Crippen molar-refractivity contribution in [3.05, 3.63) is 29.8 Å². The summed E-state index contributed by atoms with van der Waals surface area (Å²) in [5.74, 6) is 0.448. The Morgan fingerprint density at radius 3 is 2.41 bits per heavy atom. The largest absolute Gasteiger partial charge is 0.327 e. The lowest BCUT2D eigenvalue weighted by Gasteiger charge is -2.41. The van der Waals surface area contributed by atoms with Crippen LogP contribution in [0.3, 0.4) is 0 Å². The van der Waals surface area contributed by atoms with Crippen molar-refractivity contribution in [3.8, 4) is 0 Å². The number of sulfonamides is 1. The second kappa shape index (κ2) is 6.30. The molecule has 0 spiro atoms. The highest BCUT2D eigenvalue weighted by atomic mass is 32.2. The molecule has 0 aromatic heterocycles. The summed E-state index contributed by atoms with van der Waals surface area (Å²) < 4.78 is 27.2. The third-order valence-corrected chi connectivity index (χ3v) is 6.84. The fourth-order valence-corrected chi connectivity index (χ4v) is 4.51. The Kier molecular flexibility index (Phi) is 5.00. The highest BCUT2D eigenvalue weighted by molar-refractivity contribution is 7.89. The molecule has 0 saturated carbocycles. The molecule has 1 saturated heterocycles. The van der Waals surface area contributed by atoms with Gasteiger partial charge in [-0.1, -0.05) is 39.8 Å². The van der Waals surface area contributed by atoms with Crippen LogP contribution >= 0.6 is 0 Å². The van der Waals surface area contributed by atoms with E-state index >= 15 is 0 Å². The van der Waals surface area contributed by atoms with E-state index in [1.165, 1.54) is 5.56 Å². The number of nitrogens with two attached hydrogens (primary N) is 1. The summed E-state index contributed by atoms with van der Waals surface area (Å²) >= 11 is 0. The molecule has 124 valence electrons. The van der Waals surface area contributed by atoms with E-state index in [0.717, 1.165) is 6.42 Å². The maximum absolute atomic E-state index is 12.8. The smallest absolute Gasteiger partial charge is 0.243 e. The standard InChI is InChI=1S/C17H28N2O2S/c1-5-13(2)14-6-8-15(9-7-14)22(20,21)19-11-10-16(18)17(3,4)12-19/h6-9,13,16H,5,10-12,18H2,1-4H3. The van der Waals surface area contributed by atoms with Crippen LogP contribution in [-0.2, 0) is 10.0 Å². The monoisotopic (exact) mass is 324 g/mol. The van der Waals surface area contributed by atoms with Crippen molar-refractivity contribution in [1.82, 2.24) is 4.31 Å². The maximum Gasteiger partial charge on any atom is 0.243 e. The number of hydrogen-bond acceptors (Lipinski definition) is 3. The van der Waals surface area contributed by atoms with Crippen molar-refractivity contribution in [2.45, 2.75) is 57.4 Å². The van der Waals surface area contributed by atoms with Crippen molar-refractivity contribution >= 4 is 10.0 Å². The minimum Gasteiger partial charge on any atom is -0.327 e. The molecule has 1 aromatic carbocycles. The van der Waals surface area contributed by atoms with Gasteiger partial charge in [-0.15, -0.1) is 0 Å². The third-order valence-electron chi connectivity index (χ3n) is 4.98. The molecule has 0 amide bonds. The van der Waals surface area contributed by atoms with Crippen LogP contribution in [-0.4, -0.2) is 31.9 Å². The molecule has 0 bridgehead atoms. The second-order valence-electron chi connectivity index (χ2n) is 7.10. The number of rotatable bonds is 4. The zero-order chi connectivity index (χ0) is 16.5. The van der Waals surface area contributed by atoms with Crippen LogP contribution < -0.4 is 5.73 Å². The molecule has 2 rings (SSSR count). The van der Waals surface area contributed by atoms with Gasteiger partial charge in [0.05, 0.1) is 4.90 Å². The summed E-state index contributed by atoms with van der Waals surface area (Å²) in [6, 6.07) is 7.38. The molecule has 0 radical (unpaired) electrons. The summed E-state index contributed by atoms with van der Waals surface area (Å²) in [6.07, 6.45) is 1.75. The lowest BCUT2D eigenvalue weighted by molar-refractivity contribution is 0.155. The lowest BCUT2D eigenvalue weighted by atomic mass is 9.81. The number of nitrogens with zero attached hydrogens (tertiary/aromatic N) is 1. The Labute approximate surface area is 134 Å². The van der Waals surface area contributed by atoms with Gasteiger partial charge in [-0.2, -0.15) is 4.31 Å². The van der Waals surface area contributed by atoms with E-state index in [0.29, 0.717) is 30.3 Å². The molecule has 1 aliphatic rings. The quantitative estimate of drug-likeness (QED) is 0.926. The summed E-state index contributed by atoms with van der Waals surface area (Å²) in [6.45, 7) is 9.33. The van der Waals surface area contributed by atoms with E-state index in [-0.39, 0.29) is 11.5 Å². The Morgan fingerprint density at radius 1 is 1.32 bits per heavy atom. The molecule has 0 aliphatic carbocycles. The molecule has 1 heterocycles. The first-order valence-electron chi connectivity index (χ1n) is 8.04. The number of piperidine rings is 1. The zero-order valence-electron chi connectivity index (χ0n) is 14.0. The minimum atomic E-state index is -3.43. The van der Waals surface area contributed by atoms with Crippen LogP contribution in [0.25, 0.3) is 0 Å². The topological polar surface area (TPSA) is 63.4 Å². The predicted octanol–water partition coefficient (Wildman–Crippen LogP) is 2.95. The molecule has 1 fully saturated rings. The molecule has 1 aliphatic heterocycles. The van der Waals surface area contributed by atoms with Crippen molar-refractivity contribution in [3.63, 3.8) is 0 Å². The van der Waals surface area contributed by atoms with Gasteiger partial charge in [0.25, 0.3) is 0 Å². The van der Waals surface area contributed by atoms with Gasteiger partial charge in [0.1, 0.15) is 0 Å². The number of benzene rings is 1. The molecule has 22 heavy (non-hydrogen) atoms. The fraction of sp³-hybridized carbons (Fsp3) is 0.647. The molecule has 2 N–H and O–H groups in total. The third kappa shape index (κ3) is 3.36. The molecule has 5 heteroatoms. The average molecular weight is 324 g/mol. The van der Waals surface area contributed by atoms with E-state index in [1.54, 1.807) is 16.4 Å². The van der Waals surface area contributed by atoms with Crippen molar-refractivity contribution in [2.75, 3.05) is 13.1 Å². The van der Waals surface area contributed by atoms with E-state index in [4.69, 9.17) is 5.73 Å². The zero-order valence-corrected chi connectivity index (χ0v) is 14.9. The molecule has 1 aromatic rings. The van der Waals surface area contributed by atoms with Crippen molar-refractivity contribution < 1.29 is 8.42 Å². The molecule has 4 nitrogen and oxygen atoms in total. The van der Waals surface area contributed by atoms with Crippen LogP contribution in [0.15, 0.2) is 29.2 Å². The van der Waals surface area contributed by atoms with Crippen molar-refractivity contribution in [1.29, 1.82) is 0 Å². The Bertz CT molecular complexity index is 608. The molecule has 2 unspecified atom stereocenters. The van der Waals surface area contributed by atoms with E-state index < -0.39 is 10.0 Å². The first-order valence-corrected chi connectivity index (χ1v) is 9.48. The van der Waals surface area contributed by atoms with Gasteiger partial charge in [-0.3, -0.25) is 0 Å².